The van der Waals surface area contributed by atoms with Gasteiger partial charge in [0.25, 0.3) is 0 Å². The van der Waals surface area contributed by atoms with Gasteiger partial charge >= 0.3 is 0 Å². The second-order valence-electron chi connectivity index (χ2n) is 9.23. The molecule has 4 nitrogen and oxygen atoms in total. The molecular weight excluding hydrogens is 394 g/mol. The first-order chi connectivity index (χ1) is 15.6. The molecule has 2 atom stereocenters. The molecule has 0 radical (unpaired) electrons. The molecule has 0 fully saturated rings. The van der Waals surface area contributed by atoms with Crippen molar-refractivity contribution in [3.05, 3.63) is 53.9 Å². The van der Waals surface area contributed by atoms with Crippen LogP contribution in [0.1, 0.15) is 89.7 Å². The lowest BCUT2D eigenvalue weighted by Gasteiger charge is -2.21. The van der Waals surface area contributed by atoms with E-state index in [1.807, 2.05) is 19.3 Å². The van der Waals surface area contributed by atoms with Crippen LogP contribution in [-0.2, 0) is 11.2 Å². The van der Waals surface area contributed by atoms with Gasteiger partial charge in [-0.05, 0) is 56.1 Å². The number of amides is 1. The molecule has 1 heterocycles. The normalized spacial score (nSPS) is 17.0. The Morgan fingerprint density at radius 1 is 1.09 bits per heavy atom. The predicted molar refractivity (Wildman–Crippen MR) is 133 cm³/mol. The number of allylic oxidation sites excluding steroid dienone is 2. The van der Waals surface area contributed by atoms with E-state index in [9.17, 15) is 4.79 Å². The van der Waals surface area contributed by atoms with Crippen LogP contribution in [0.25, 0.3) is 17.0 Å². The predicted octanol–water partition coefficient (Wildman–Crippen LogP) is 6.75. The molecule has 0 bridgehead atoms. The Kier molecular flexibility index (Phi) is 9.45. The maximum absolute atomic E-state index is 12.0. The topological polar surface area (TPSA) is 54.9 Å². The molecule has 4 heteroatoms. The SMILES string of the molecule is CCCCCC1CC=C(c2cnc(-c3ccc(CCC(=O)NC(C)CC)cc3)nc2)CC1. The van der Waals surface area contributed by atoms with Gasteiger partial charge < -0.3 is 5.32 Å². The minimum atomic E-state index is 0.117. The van der Waals surface area contributed by atoms with E-state index in [4.69, 9.17) is 0 Å². The Balaban J connectivity index is 1.52. The summed E-state index contributed by atoms with van der Waals surface area (Å²) < 4.78 is 0. The molecular formula is C28H39N3O. The van der Waals surface area contributed by atoms with Gasteiger partial charge in [-0.25, -0.2) is 9.97 Å². The second-order valence-corrected chi connectivity index (χ2v) is 9.23. The summed E-state index contributed by atoms with van der Waals surface area (Å²) in [6.07, 6.45) is 17.6. The lowest BCUT2D eigenvalue weighted by atomic mass is 9.84. The van der Waals surface area contributed by atoms with Crippen LogP contribution in [0.15, 0.2) is 42.7 Å². The number of rotatable bonds is 11. The van der Waals surface area contributed by atoms with Crippen molar-refractivity contribution in [2.75, 3.05) is 0 Å². The number of aryl methyl sites for hydroxylation is 1. The molecule has 172 valence electrons. The van der Waals surface area contributed by atoms with Crippen molar-refractivity contribution in [1.82, 2.24) is 15.3 Å². The summed E-state index contributed by atoms with van der Waals surface area (Å²) in [5, 5.41) is 3.02. The zero-order chi connectivity index (χ0) is 22.8. The first-order valence-corrected chi connectivity index (χ1v) is 12.5. The summed E-state index contributed by atoms with van der Waals surface area (Å²) in [4.78, 5) is 21.2. The number of nitrogens with one attached hydrogen (secondary N) is 1. The van der Waals surface area contributed by atoms with E-state index in [1.165, 1.54) is 44.1 Å². The van der Waals surface area contributed by atoms with E-state index >= 15 is 0 Å². The van der Waals surface area contributed by atoms with Gasteiger partial charge in [0, 0.05) is 36.0 Å². The molecule has 1 aromatic heterocycles. The largest absolute Gasteiger partial charge is 0.354 e. The molecule has 3 rings (SSSR count). The van der Waals surface area contributed by atoms with Gasteiger partial charge in [-0.15, -0.1) is 0 Å². The van der Waals surface area contributed by atoms with Crippen molar-refractivity contribution in [3.63, 3.8) is 0 Å². The highest BCUT2D eigenvalue weighted by atomic mass is 16.1. The van der Waals surface area contributed by atoms with Gasteiger partial charge in [0.05, 0.1) is 0 Å². The number of carbonyl (C=O) groups excluding carboxylic acids is 1. The van der Waals surface area contributed by atoms with Crippen LogP contribution in [-0.4, -0.2) is 21.9 Å². The first-order valence-electron chi connectivity index (χ1n) is 12.5. The Morgan fingerprint density at radius 3 is 2.47 bits per heavy atom. The highest BCUT2D eigenvalue weighted by Crippen LogP contribution is 2.32. The van der Waals surface area contributed by atoms with Crippen molar-refractivity contribution in [2.24, 2.45) is 5.92 Å². The molecule has 0 aliphatic heterocycles. The van der Waals surface area contributed by atoms with Gasteiger partial charge in [-0.3, -0.25) is 4.79 Å². The molecule has 1 N–H and O–H groups in total. The average molecular weight is 434 g/mol. The van der Waals surface area contributed by atoms with Crippen LogP contribution in [0.3, 0.4) is 0 Å². The van der Waals surface area contributed by atoms with Crippen LogP contribution >= 0.6 is 0 Å². The van der Waals surface area contributed by atoms with E-state index < -0.39 is 0 Å². The molecule has 2 aromatic rings. The number of carbonyl (C=O) groups is 1. The van der Waals surface area contributed by atoms with Gasteiger partial charge in [0.2, 0.25) is 5.91 Å². The van der Waals surface area contributed by atoms with Crippen LogP contribution in [0.4, 0.5) is 0 Å². The fourth-order valence-corrected chi connectivity index (χ4v) is 4.27. The van der Waals surface area contributed by atoms with Gasteiger partial charge in [0.1, 0.15) is 0 Å². The van der Waals surface area contributed by atoms with Crippen LogP contribution < -0.4 is 5.32 Å². The van der Waals surface area contributed by atoms with Gasteiger partial charge in [0.15, 0.2) is 5.82 Å². The Labute approximate surface area is 194 Å². The molecule has 1 amide bonds. The van der Waals surface area contributed by atoms with Gasteiger partial charge in [-0.2, -0.15) is 0 Å². The van der Waals surface area contributed by atoms with E-state index in [0.29, 0.717) is 6.42 Å². The van der Waals surface area contributed by atoms with Crippen LogP contribution in [0, 0.1) is 5.92 Å². The number of hydrogen-bond acceptors (Lipinski definition) is 3. The summed E-state index contributed by atoms with van der Waals surface area (Å²) in [5.74, 6) is 1.72. The smallest absolute Gasteiger partial charge is 0.220 e. The molecule has 1 aliphatic rings. The zero-order valence-corrected chi connectivity index (χ0v) is 20.1. The standard InChI is InChI=1S/C28H39N3O/c1-4-6-7-8-22-9-14-24(15-10-22)26-19-29-28(30-20-26)25-16-11-23(12-17-25)13-18-27(32)31-21(3)5-2/h11-12,14,16-17,19-22H,4-10,13,15,18H2,1-3H3,(H,31,32). The minimum Gasteiger partial charge on any atom is -0.354 e. The van der Waals surface area contributed by atoms with Crippen molar-refractivity contribution in [2.45, 2.75) is 91.0 Å². The van der Waals surface area contributed by atoms with Crippen molar-refractivity contribution in [1.29, 1.82) is 0 Å². The summed E-state index contributed by atoms with van der Waals surface area (Å²) in [6, 6.07) is 8.49. The first kappa shape index (κ1) is 24.2. The third-order valence-corrected chi connectivity index (χ3v) is 6.63. The highest BCUT2D eigenvalue weighted by Gasteiger charge is 2.16. The van der Waals surface area contributed by atoms with Crippen molar-refractivity contribution < 1.29 is 4.79 Å². The number of hydrogen-bond donors (Lipinski definition) is 1. The number of aromatic nitrogens is 2. The lowest BCUT2D eigenvalue weighted by molar-refractivity contribution is -0.121. The molecule has 1 aliphatic carbocycles. The molecule has 2 unspecified atom stereocenters. The summed E-state index contributed by atoms with van der Waals surface area (Å²) >= 11 is 0. The monoisotopic (exact) mass is 433 g/mol. The summed E-state index contributed by atoms with van der Waals surface area (Å²) in [5.41, 5.74) is 4.72. The van der Waals surface area contributed by atoms with Crippen LogP contribution in [0.5, 0.6) is 0 Å². The highest BCUT2D eigenvalue weighted by molar-refractivity contribution is 5.76. The van der Waals surface area contributed by atoms with E-state index in [1.54, 1.807) is 0 Å². The molecule has 0 saturated heterocycles. The average Bonchev–Trinajstić information content (AvgIpc) is 2.84. The Hall–Kier alpha value is -2.49. The Morgan fingerprint density at radius 2 is 1.84 bits per heavy atom. The maximum Gasteiger partial charge on any atom is 0.220 e. The molecule has 32 heavy (non-hydrogen) atoms. The van der Waals surface area contributed by atoms with E-state index in [0.717, 1.165) is 47.7 Å². The lowest BCUT2D eigenvalue weighted by Crippen LogP contribution is -2.31. The molecule has 0 spiro atoms. The van der Waals surface area contributed by atoms with Crippen molar-refractivity contribution >= 4 is 11.5 Å². The second kappa shape index (κ2) is 12.5. The third-order valence-electron chi connectivity index (χ3n) is 6.63. The quantitative estimate of drug-likeness (QED) is 0.399. The zero-order valence-electron chi connectivity index (χ0n) is 20.1. The van der Waals surface area contributed by atoms with Crippen LogP contribution in [0.2, 0.25) is 0 Å². The van der Waals surface area contributed by atoms with E-state index in [2.05, 4.69) is 59.5 Å². The number of nitrogens with zero attached hydrogens (tertiary/aromatic N) is 2. The minimum absolute atomic E-state index is 0.117. The third kappa shape index (κ3) is 7.29. The van der Waals surface area contributed by atoms with E-state index in [-0.39, 0.29) is 11.9 Å². The number of unbranched alkanes of at least 4 members (excludes halogenated alkanes) is 2. The summed E-state index contributed by atoms with van der Waals surface area (Å²) in [7, 11) is 0. The fourth-order valence-electron chi connectivity index (χ4n) is 4.27. The molecule has 1 aromatic carbocycles. The maximum atomic E-state index is 12.0. The summed E-state index contributed by atoms with van der Waals surface area (Å²) in [6.45, 7) is 6.39. The Bertz CT molecular complexity index is 871. The number of benzene rings is 1. The molecule has 0 saturated carbocycles. The van der Waals surface area contributed by atoms with Gasteiger partial charge in [-0.1, -0.05) is 69.9 Å². The fraction of sp³-hybridized carbons (Fsp3) is 0.536. The van der Waals surface area contributed by atoms with Crippen molar-refractivity contribution in [3.8, 4) is 11.4 Å².